The molecule has 4 rings (SSSR count). The number of rotatable bonds is 7. The molecule has 3 N–H and O–H groups in total. The Balaban J connectivity index is 1.37. The summed E-state index contributed by atoms with van der Waals surface area (Å²) < 4.78 is 0. The minimum absolute atomic E-state index is 0.100. The summed E-state index contributed by atoms with van der Waals surface area (Å²) in [4.78, 5) is 28.8. The van der Waals surface area contributed by atoms with Gasteiger partial charge in [-0.25, -0.2) is 4.79 Å². The van der Waals surface area contributed by atoms with Gasteiger partial charge in [-0.3, -0.25) is 4.79 Å². The Morgan fingerprint density at radius 1 is 1.15 bits per heavy atom. The van der Waals surface area contributed by atoms with Crippen molar-refractivity contribution in [3.8, 4) is 0 Å². The van der Waals surface area contributed by atoms with Gasteiger partial charge in [-0.2, -0.15) is 0 Å². The average molecular weight is 475 g/mol. The Labute approximate surface area is 203 Å². The lowest BCUT2D eigenvalue weighted by Crippen LogP contribution is -2.51. The van der Waals surface area contributed by atoms with Gasteiger partial charge in [0.25, 0.3) is 5.91 Å². The van der Waals surface area contributed by atoms with Crippen molar-refractivity contribution in [1.82, 2.24) is 5.32 Å². The zero-order chi connectivity index (χ0) is 24.7. The van der Waals surface area contributed by atoms with Crippen LogP contribution in [0.5, 0.6) is 0 Å². The minimum Gasteiger partial charge on any atom is -0.480 e. The number of carboxylic acid groups (broad SMARTS) is 1. The maximum absolute atomic E-state index is 12.2. The Morgan fingerprint density at radius 2 is 1.91 bits per heavy atom. The van der Waals surface area contributed by atoms with Gasteiger partial charge >= 0.3 is 5.97 Å². The molecule has 0 unspecified atom stereocenters. The lowest BCUT2D eigenvalue weighted by molar-refractivity contribution is -0.143. The number of allylic oxidation sites excluding steroid dienone is 2. The molecule has 0 radical (unpaired) electrons. The van der Waals surface area contributed by atoms with Crippen LogP contribution in [-0.4, -0.2) is 46.6 Å². The van der Waals surface area contributed by atoms with Crippen molar-refractivity contribution in [2.24, 2.45) is 39.7 Å². The number of aliphatic hydroxyl groups excluding tert-OH is 1. The molecule has 0 aromatic rings. The summed E-state index contributed by atoms with van der Waals surface area (Å²) >= 11 is 0. The molecule has 0 aromatic carbocycles. The predicted octanol–water partition coefficient (Wildman–Crippen LogP) is 4.30. The molecule has 0 aromatic heterocycles. The lowest BCUT2D eigenvalue weighted by Gasteiger charge is -2.57. The predicted molar refractivity (Wildman–Crippen MR) is 130 cm³/mol. The fraction of sp³-hybridized carbons (Fsp3) is 0.815. The molecule has 7 nitrogen and oxygen atoms in total. The molecule has 1 amide bonds. The van der Waals surface area contributed by atoms with Gasteiger partial charge in [0.05, 0.1) is 11.8 Å². The van der Waals surface area contributed by atoms with Crippen molar-refractivity contribution in [2.75, 3.05) is 6.61 Å². The highest BCUT2D eigenvalue weighted by Crippen LogP contribution is 2.65. The summed E-state index contributed by atoms with van der Waals surface area (Å²) in [7, 11) is 0. The van der Waals surface area contributed by atoms with Crippen molar-refractivity contribution < 1.29 is 24.6 Å². The van der Waals surface area contributed by atoms with Gasteiger partial charge in [0.1, 0.15) is 6.04 Å². The molecule has 190 valence electrons. The number of hydrogen-bond donors (Lipinski definition) is 3. The first-order chi connectivity index (χ1) is 16.0. The molecule has 3 saturated carbocycles. The van der Waals surface area contributed by atoms with E-state index < -0.39 is 17.9 Å². The summed E-state index contributed by atoms with van der Waals surface area (Å²) in [6.45, 7) is 8.31. The molecule has 0 heterocycles. The van der Waals surface area contributed by atoms with E-state index in [1.165, 1.54) is 18.4 Å². The van der Waals surface area contributed by atoms with Crippen molar-refractivity contribution in [3.05, 3.63) is 11.6 Å². The lowest BCUT2D eigenvalue weighted by atomic mass is 9.47. The van der Waals surface area contributed by atoms with E-state index in [4.69, 9.17) is 4.84 Å². The molecule has 4 aliphatic carbocycles. The number of nitrogens with zero attached hydrogens (tertiary/aromatic N) is 1. The third kappa shape index (κ3) is 4.65. The van der Waals surface area contributed by atoms with Crippen LogP contribution in [0.1, 0.15) is 85.5 Å². The highest BCUT2D eigenvalue weighted by molar-refractivity contribution is 5.96. The van der Waals surface area contributed by atoms with Gasteiger partial charge in [-0.05, 0) is 98.4 Å². The second kappa shape index (κ2) is 9.63. The molecule has 7 atom stereocenters. The van der Waals surface area contributed by atoms with Crippen LogP contribution < -0.4 is 5.32 Å². The molecule has 7 heteroatoms. The Hall–Kier alpha value is -1.89. The van der Waals surface area contributed by atoms with E-state index in [-0.39, 0.29) is 29.5 Å². The number of amides is 1. The standard InChI is InChI=1S/C27H42N2O5/c1-16(2)13-22(25(32)33)28-24(31)15-34-29-18-9-11-26(3)17(14-18)5-6-19-20-7-8-23(30)27(20,4)12-10-21(19)26/h14,16,19-23,30H,5-13,15H2,1-4H3,(H,28,31)(H,32,33)/t19-,20+,21-,22+,23+,26+,27+/m1/s1. The second-order valence-corrected chi connectivity index (χ2v) is 12.1. The summed E-state index contributed by atoms with van der Waals surface area (Å²) in [6, 6.07) is -0.908. The van der Waals surface area contributed by atoms with E-state index >= 15 is 0 Å². The van der Waals surface area contributed by atoms with Crippen LogP contribution in [0.25, 0.3) is 0 Å². The van der Waals surface area contributed by atoms with Gasteiger partial charge < -0.3 is 20.4 Å². The Morgan fingerprint density at radius 3 is 2.62 bits per heavy atom. The number of fused-ring (bicyclic) bond motifs is 5. The summed E-state index contributed by atoms with van der Waals surface area (Å²) in [5.41, 5.74) is 2.60. The highest BCUT2D eigenvalue weighted by Gasteiger charge is 2.58. The number of nitrogens with one attached hydrogen (secondary N) is 1. The zero-order valence-electron chi connectivity index (χ0n) is 21.2. The SMILES string of the molecule is CC(C)C[C@H](NC(=O)CON=C1C=C2CC[C@H]3[C@@H](CC[C@]4(C)[C@@H](O)CC[C@@H]34)[C@@]2(C)CC1)C(=O)O. The van der Waals surface area contributed by atoms with Gasteiger partial charge in [0.2, 0.25) is 0 Å². The van der Waals surface area contributed by atoms with Crippen molar-refractivity contribution >= 4 is 17.6 Å². The molecule has 4 aliphatic rings. The van der Waals surface area contributed by atoms with Gasteiger partial charge in [0, 0.05) is 0 Å². The summed E-state index contributed by atoms with van der Waals surface area (Å²) in [5, 5.41) is 26.7. The average Bonchev–Trinajstić information content (AvgIpc) is 3.07. The number of hydrogen-bond acceptors (Lipinski definition) is 5. The Kier molecular flexibility index (Phi) is 7.14. The van der Waals surface area contributed by atoms with Crippen LogP contribution in [0.15, 0.2) is 16.8 Å². The third-order valence-electron chi connectivity index (χ3n) is 9.65. The van der Waals surface area contributed by atoms with Crippen LogP contribution in [0.3, 0.4) is 0 Å². The molecule has 3 fully saturated rings. The molecule has 0 spiro atoms. The van der Waals surface area contributed by atoms with Crippen LogP contribution in [0.2, 0.25) is 0 Å². The third-order valence-corrected chi connectivity index (χ3v) is 9.65. The quantitative estimate of drug-likeness (QED) is 0.477. The fourth-order valence-corrected chi connectivity index (χ4v) is 7.72. The van der Waals surface area contributed by atoms with E-state index in [2.05, 4.69) is 30.4 Å². The van der Waals surface area contributed by atoms with E-state index in [9.17, 15) is 19.8 Å². The number of oxime groups is 1. The van der Waals surface area contributed by atoms with E-state index in [0.717, 1.165) is 44.2 Å². The van der Waals surface area contributed by atoms with Crippen molar-refractivity contribution in [3.63, 3.8) is 0 Å². The van der Waals surface area contributed by atoms with E-state index in [1.807, 2.05) is 13.8 Å². The monoisotopic (exact) mass is 474 g/mol. The summed E-state index contributed by atoms with van der Waals surface area (Å²) in [5.74, 6) is 0.674. The van der Waals surface area contributed by atoms with Gasteiger partial charge in [-0.1, -0.05) is 38.4 Å². The highest BCUT2D eigenvalue weighted by atomic mass is 16.6. The first kappa shape index (κ1) is 25.2. The number of carboxylic acids is 1. The normalized spacial score (nSPS) is 39.0. The number of aliphatic carboxylic acids is 1. The minimum atomic E-state index is -1.03. The van der Waals surface area contributed by atoms with E-state index in [1.54, 1.807) is 0 Å². The maximum Gasteiger partial charge on any atom is 0.326 e. The van der Waals surface area contributed by atoms with Crippen LogP contribution in [0, 0.1) is 34.5 Å². The van der Waals surface area contributed by atoms with Crippen LogP contribution in [0.4, 0.5) is 0 Å². The topological polar surface area (TPSA) is 108 Å². The molecule has 0 bridgehead atoms. The maximum atomic E-state index is 12.2. The molecular weight excluding hydrogens is 432 g/mol. The van der Waals surface area contributed by atoms with Crippen molar-refractivity contribution in [1.29, 1.82) is 0 Å². The zero-order valence-corrected chi connectivity index (χ0v) is 21.2. The molecular formula is C27H42N2O5. The first-order valence-corrected chi connectivity index (χ1v) is 13.1. The van der Waals surface area contributed by atoms with Gasteiger partial charge in [0.15, 0.2) is 6.61 Å². The van der Waals surface area contributed by atoms with Gasteiger partial charge in [-0.15, -0.1) is 0 Å². The smallest absolute Gasteiger partial charge is 0.326 e. The first-order valence-electron chi connectivity index (χ1n) is 13.1. The fourth-order valence-electron chi connectivity index (χ4n) is 7.72. The summed E-state index contributed by atoms with van der Waals surface area (Å²) in [6.07, 6.45) is 11.0. The number of carbonyl (C=O) groups excluding carboxylic acids is 1. The molecule has 34 heavy (non-hydrogen) atoms. The van der Waals surface area contributed by atoms with E-state index in [0.29, 0.717) is 24.2 Å². The second-order valence-electron chi connectivity index (χ2n) is 12.1. The molecule has 0 saturated heterocycles. The largest absolute Gasteiger partial charge is 0.480 e. The van der Waals surface area contributed by atoms with Crippen molar-refractivity contribution in [2.45, 2.75) is 97.6 Å². The van der Waals surface area contributed by atoms with Crippen LogP contribution in [-0.2, 0) is 14.4 Å². The van der Waals surface area contributed by atoms with Crippen LogP contribution >= 0.6 is 0 Å². The number of aliphatic hydroxyl groups is 1. The molecule has 0 aliphatic heterocycles. The Bertz CT molecular complexity index is 867. The number of carbonyl (C=O) groups is 2.